The molecule has 0 saturated heterocycles. The summed E-state index contributed by atoms with van der Waals surface area (Å²) in [6.07, 6.45) is 4.82. The minimum Gasteiger partial charge on any atom is -0.367 e. The third-order valence-electron chi connectivity index (χ3n) is 4.70. The first kappa shape index (κ1) is 18.2. The smallest absolute Gasteiger partial charge is 0.137 e. The number of benzene rings is 3. The van der Waals surface area contributed by atoms with Crippen molar-refractivity contribution in [2.75, 3.05) is 5.32 Å². The molecule has 0 fully saturated rings. The van der Waals surface area contributed by atoms with E-state index in [0.717, 1.165) is 23.1 Å². The van der Waals surface area contributed by atoms with Crippen LogP contribution in [0.1, 0.15) is 25.0 Å². The van der Waals surface area contributed by atoms with E-state index in [-0.39, 0.29) is 0 Å². The Morgan fingerprint density at radius 1 is 0.857 bits per heavy atom. The van der Waals surface area contributed by atoms with Gasteiger partial charge in [-0.1, -0.05) is 60.7 Å². The average Bonchev–Trinajstić information content (AvgIpc) is 2.73. The molecule has 3 heteroatoms. The van der Waals surface area contributed by atoms with Crippen molar-refractivity contribution >= 4 is 16.7 Å². The topological polar surface area (TPSA) is 37.8 Å². The van der Waals surface area contributed by atoms with E-state index in [4.69, 9.17) is 0 Å². The summed E-state index contributed by atoms with van der Waals surface area (Å²) in [6, 6.07) is 25.9. The first-order valence-electron chi connectivity index (χ1n) is 9.68. The Balaban J connectivity index is 1.62. The third-order valence-corrected chi connectivity index (χ3v) is 4.70. The highest BCUT2D eigenvalue weighted by molar-refractivity contribution is 5.92. The van der Waals surface area contributed by atoms with Gasteiger partial charge >= 0.3 is 0 Å². The maximum atomic E-state index is 4.43. The molecule has 0 aliphatic carbocycles. The summed E-state index contributed by atoms with van der Waals surface area (Å²) in [5.41, 5.74) is 5.87. The molecule has 0 amide bonds. The molecule has 0 spiro atoms. The van der Waals surface area contributed by atoms with Gasteiger partial charge in [0.25, 0.3) is 0 Å². The zero-order chi connectivity index (χ0) is 19.3. The van der Waals surface area contributed by atoms with Gasteiger partial charge in [-0.25, -0.2) is 9.97 Å². The second kappa shape index (κ2) is 8.22. The van der Waals surface area contributed by atoms with Crippen LogP contribution < -0.4 is 5.32 Å². The molecule has 3 aromatic carbocycles. The van der Waals surface area contributed by atoms with Crippen LogP contribution in [0.5, 0.6) is 0 Å². The SMILES string of the molecule is CC(C)Nc1ncnc2ccc(-c3cccc([CH]Cc4ccccc4)c3)cc12. The molecule has 1 N–H and O–H groups in total. The van der Waals surface area contributed by atoms with Crippen LogP contribution >= 0.6 is 0 Å². The van der Waals surface area contributed by atoms with E-state index in [1.165, 1.54) is 22.3 Å². The van der Waals surface area contributed by atoms with Gasteiger partial charge in [0.15, 0.2) is 0 Å². The Kier molecular flexibility index (Phi) is 5.34. The van der Waals surface area contributed by atoms with Crippen LogP contribution in [0.2, 0.25) is 0 Å². The van der Waals surface area contributed by atoms with Gasteiger partial charge in [0.2, 0.25) is 0 Å². The van der Waals surface area contributed by atoms with Crippen LogP contribution in [0.4, 0.5) is 5.82 Å². The van der Waals surface area contributed by atoms with E-state index < -0.39 is 0 Å². The van der Waals surface area contributed by atoms with E-state index in [1.807, 2.05) is 0 Å². The summed E-state index contributed by atoms with van der Waals surface area (Å²) >= 11 is 0. The number of rotatable bonds is 6. The van der Waals surface area contributed by atoms with Gasteiger partial charge in [-0.05, 0) is 61.1 Å². The summed E-state index contributed by atoms with van der Waals surface area (Å²) in [7, 11) is 0. The van der Waals surface area contributed by atoms with Crippen LogP contribution in [-0.4, -0.2) is 16.0 Å². The molecule has 1 radical (unpaired) electrons. The maximum Gasteiger partial charge on any atom is 0.137 e. The first-order valence-corrected chi connectivity index (χ1v) is 9.68. The van der Waals surface area contributed by atoms with E-state index in [0.29, 0.717) is 6.04 Å². The second-order valence-corrected chi connectivity index (χ2v) is 7.27. The summed E-state index contributed by atoms with van der Waals surface area (Å²) in [5.74, 6) is 0.883. The lowest BCUT2D eigenvalue weighted by atomic mass is 9.98. The summed E-state index contributed by atoms with van der Waals surface area (Å²) in [4.78, 5) is 8.84. The largest absolute Gasteiger partial charge is 0.367 e. The summed E-state index contributed by atoms with van der Waals surface area (Å²) < 4.78 is 0. The predicted octanol–water partition coefficient (Wildman–Crippen LogP) is 5.91. The van der Waals surface area contributed by atoms with Crippen LogP contribution in [0, 0.1) is 6.42 Å². The van der Waals surface area contributed by atoms with Gasteiger partial charge in [0.05, 0.1) is 5.52 Å². The number of hydrogen-bond donors (Lipinski definition) is 1. The van der Waals surface area contributed by atoms with Gasteiger partial charge in [-0.3, -0.25) is 0 Å². The van der Waals surface area contributed by atoms with Gasteiger partial charge in [-0.15, -0.1) is 0 Å². The lowest BCUT2D eigenvalue weighted by molar-refractivity contribution is 0.890. The Bertz CT molecular complexity index is 1070. The molecule has 4 aromatic rings. The van der Waals surface area contributed by atoms with Gasteiger partial charge in [0.1, 0.15) is 12.1 Å². The monoisotopic (exact) mass is 366 g/mol. The van der Waals surface area contributed by atoms with Gasteiger partial charge in [-0.2, -0.15) is 0 Å². The predicted molar refractivity (Wildman–Crippen MR) is 117 cm³/mol. The molecule has 0 saturated carbocycles. The highest BCUT2D eigenvalue weighted by Crippen LogP contribution is 2.28. The van der Waals surface area contributed by atoms with Crippen molar-refractivity contribution in [3.05, 3.63) is 96.7 Å². The highest BCUT2D eigenvalue weighted by Gasteiger charge is 2.08. The Hall–Kier alpha value is -3.20. The molecular weight excluding hydrogens is 342 g/mol. The minimum atomic E-state index is 0.317. The van der Waals surface area contributed by atoms with Crippen molar-refractivity contribution in [2.24, 2.45) is 0 Å². The molecule has 0 unspecified atom stereocenters. The molecule has 139 valence electrons. The zero-order valence-electron chi connectivity index (χ0n) is 16.3. The summed E-state index contributed by atoms with van der Waals surface area (Å²) in [5, 5.41) is 4.47. The van der Waals surface area contributed by atoms with Crippen molar-refractivity contribution in [2.45, 2.75) is 26.3 Å². The molecule has 0 bridgehead atoms. The van der Waals surface area contributed by atoms with Crippen molar-refractivity contribution in [1.29, 1.82) is 0 Å². The van der Waals surface area contributed by atoms with E-state index in [9.17, 15) is 0 Å². The van der Waals surface area contributed by atoms with Gasteiger partial charge in [0, 0.05) is 11.4 Å². The van der Waals surface area contributed by atoms with Gasteiger partial charge < -0.3 is 5.32 Å². The highest BCUT2D eigenvalue weighted by atomic mass is 15.0. The third kappa shape index (κ3) is 4.20. The molecule has 0 aliphatic heterocycles. The summed E-state index contributed by atoms with van der Waals surface area (Å²) in [6.45, 7) is 4.23. The minimum absolute atomic E-state index is 0.317. The maximum absolute atomic E-state index is 4.43. The zero-order valence-corrected chi connectivity index (χ0v) is 16.3. The molecule has 1 heterocycles. The molecule has 1 aromatic heterocycles. The number of aromatic nitrogens is 2. The van der Waals surface area contributed by atoms with Crippen LogP contribution in [0.25, 0.3) is 22.0 Å². The van der Waals surface area contributed by atoms with Crippen LogP contribution in [0.15, 0.2) is 79.1 Å². The molecular formula is C25H24N3. The number of hydrogen-bond acceptors (Lipinski definition) is 3. The average molecular weight is 366 g/mol. The number of anilines is 1. The number of nitrogens with zero attached hydrogens (tertiary/aromatic N) is 2. The molecule has 0 aliphatic rings. The lowest BCUT2D eigenvalue weighted by Gasteiger charge is -2.12. The fraction of sp³-hybridized carbons (Fsp3) is 0.160. The first-order chi connectivity index (χ1) is 13.7. The van der Waals surface area contributed by atoms with Crippen molar-refractivity contribution in [3.8, 4) is 11.1 Å². The van der Waals surface area contributed by atoms with E-state index in [2.05, 4.69) is 108 Å². The number of fused-ring (bicyclic) bond motifs is 1. The normalized spacial score (nSPS) is 11.1. The quantitative estimate of drug-likeness (QED) is 0.461. The standard InChI is InChI=1S/C25H24N3/c1-18(2)28-25-23-16-22(13-14-24(23)26-17-27-25)21-10-6-9-20(15-21)12-11-19-7-4-3-5-8-19/h3-10,12-18H,11H2,1-2H3,(H,26,27,28). The Morgan fingerprint density at radius 3 is 2.50 bits per heavy atom. The van der Waals surface area contributed by atoms with E-state index >= 15 is 0 Å². The fourth-order valence-corrected chi connectivity index (χ4v) is 3.32. The molecule has 28 heavy (non-hydrogen) atoms. The number of nitrogens with one attached hydrogen (secondary N) is 1. The van der Waals surface area contributed by atoms with Crippen molar-refractivity contribution in [3.63, 3.8) is 0 Å². The lowest BCUT2D eigenvalue weighted by Crippen LogP contribution is -2.11. The fourth-order valence-electron chi connectivity index (χ4n) is 3.32. The van der Waals surface area contributed by atoms with E-state index in [1.54, 1.807) is 6.33 Å². The van der Waals surface area contributed by atoms with Crippen molar-refractivity contribution < 1.29 is 0 Å². The second-order valence-electron chi connectivity index (χ2n) is 7.27. The molecule has 3 nitrogen and oxygen atoms in total. The Morgan fingerprint density at radius 2 is 1.68 bits per heavy atom. The van der Waals surface area contributed by atoms with Crippen LogP contribution in [-0.2, 0) is 6.42 Å². The van der Waals surface area contributed by atoms with Crippen LogP contribution in [0.3, 0.4) is 0 Å². The molecule has 0 atom stereocenters. The Labute approximate surface area is 166 Å². The molecule has 4 rings (SSSR count). The van der Waals surface area contributed by atoms with Crippen molar-refractivity contribution in [1.82, 2.24) is 9.97 Å².